The van der Waals surface area contributed by atoms with Gasteiger partial charge in [-0.25, -0.2) is 4.98 Å². The molecule has 4 heteroatoms. The number of aromatic nitrogens is 1. The molecule has 4 aromatic rings. The highest BCUT2D eigenvalue weighted by molar-refractivity contribution is 6.31. The lowest BCUT2D eigenvalue weighted by Crippen LogP contribution is -1.97. The van der Waals surface area contributed by atoms with E-state index in [9.17, 15) is 0 Å². The third kappa shape index (κ3) is 5.72. The molecule has 0 unspecified atom stereocenters. The summed E-state index contributed by atoms with van der Waals surface area (Å²) < 4.78 is 0. The topological polar surface area (TPSA) is 31.4 Å². The second-order valence-corrected chi connectivity index (χ2v) is 7.80. The van der Waals surface area contributed by atoms with Crippen LogP contribution in [0.4, 0.5) is 0 Å². The first-order valence-electron chi connectivity index (χ1n) is 10.3. The molecule has 0 saturated heterocycles. The van der Waals surface area contributed by atoms with Gasteiger partial charge in [-0.2, -0.15) is 4.89 Å². The Morgan fingerprint density at radius 3 is 2.65 bits per heavy atom. The van der Waals surface area contributed by atoms with Crippen molar-refractivity contribution in [2.45, 2.75) is 19.3 Å². The largest absolute Gasteiger partial charge is 0.338 e. The minimum atomic E-state index is 0.699. The van der Waals surface area contributed by atoms with E-state index >= 15 is 0 Å². The molecule has 0 bridgehead atoms. The van der Waals surface area contributed by atoms with Crippen molar-refractivity contribution in [3.8, 4) is 5.75 Å². The molecule has 0 amide bonds. The van der Waals surface area contributed by atoms with Gasteiger partial charge in [0, 0.05) is 10.4 Å². The van der Waals surface area contributed by atoms with Gasteiger partial charge in [-0.1, -0.05) is 72.3 Å². The van der Waals surface area contributed by atoms with Crippen molar-refractivity contribution >= 4 is 34.7 Å². The Morgan fingerprint density at radius 2 is 1.74 bits per heavy atom. The monoisotopic (exact) mass is 429 g/mol. The highest BCUT2D eigenvalue weighted by Crippen LogP contribution is 2.21. The number of pyridine rings is 1. The molecule has 1 aromatic heterocycles. The molecule has 0 fully saturated rings. The van der Waals surface area contributed by atoms with Crippen LogP contribution in [0.1, 0.15) is 28.8 Å². The van der Waals surface area contributed by atoms with Gasteiger partial charge in [0.1, 0.15) is 0 Å². The van der Waals surface area contributed by atoms with Crippen LogP contribution in [-0.2, 0) is 17.7 Å². The van der Waals surface area contributed by atoms with Crippen molar-refractivity contribution in [1.29, 1.82) is 0 Å². The predicted molar refractivity (Wildman–Crippen MR) is 128 cm³/mol. The van der Waals surface area contributed by atoms with Gasteiger partial charge in [0.15, 0.2) is 5.75 Å². The zero-order chi connectivity index (χ0) is 21.5. The lowest BCUT2D eigenvalue weighted by Gasteiger charge is -2.08. The van der Waals surface area contributed by atoms with E-state index in [-0.39, 0.29) is 0 Å². The van der Waals surface area contributed by atoms with E-state index in [1.54, 1.807) is 0 Å². The van der Waals surface area contributed by atoms with Gasteiger partial charge in [-0.3, -0.25) is 0 Å². The van der Waals surface area contributed by atoms with E-state index in [2.05, 4.69) is 47.5 Å². The number of hydrogen-bond acceptors (Lipinski definition) is 3. The second-order valence-electron chi connectivity index (χ2n) is 7.36. The van der Waals surface area contributed by atoms with E-state index in [4.69, 9.17) is 21.4 Å². The van der Waals surface area contributed by atoms with Crippen molar-refractivity contribution in [1.82, 2.24) is 4.98 Å². The highest BCUT2D eigenvalue weighted by Gasteiger charge is 2.04. The predicted octanol–water partition coefficient (Wildman–Crippen LogP) is 7.17. The van der Waals surface area contributed by atoms with Crippen molar-refractivity contribution < 1.29 is 9.78 Å². The van der Waals surface area contributed by atoms with Crippen LogP contribution in [0, 0.1) is 0 Å². The lowest BCUT2D eigenvalue weighted by molar-refractivity contribution is -0.178. The molecule has 0 aliphatic heterocycles. The van der Waals surface area contributed by atoms with Crippen LogP contribution in [0.25, 0.3) is 23.1 Å². The second kappa shape index (κ2) is 10.3. The molecule has 31 heavy (non-hydrogen) atoms. The Bertz CT molecular complexity index is 1200. The van der Waals surface area contributed by atoms with E-state index in [1.165, 1.54) is 12.7 Å². The molecule has 0 saturated carbocycles. The van der Waals surface area contributed by atoms with Crippen LogP contribution < -0.4 is 4.89 Å². The molecular weight excluding hydrogens is 406 g/mol. The number of halogens is 1. The highest BCUT2D eigenvalue weighted by atomic mass is 35.5. The summed E-state index contributed by atoms with van der Waals surface area (Å²) in [5, 5.41) is 1.78. The summed E-state index contributed by atoms with van der Waals surface area (Å²) >= 11 is 6.10. The Morgan fingerprint density at radius 1 is 0.871 bits per heavy atom. The molecular formula is C27H24ClNO2. The molecule has 3 aromatic carbocycles. The lowest BCUT2D eigenvalue weighted by atomic mass is 10.0. The number of aryl methyl sites for hydroxylation is 2. The maximum Gasteiger partial charge on any atom is 0.168 e. The van der Waals surface area contributed by atoms with Gasteiger partial charge in [0.2, 0.25) is 0 Å². The maximum atomic E-state index is 6.10. The summed E-state index contributed by atoms with van der Waals surface area (Å²) in [7, 11) is 1.53. The number of hydrogen-bond donors (Lipinski definition) is 0. The molecule has 0 aliphatic carbocycles. The summed E-state index contributed by atoms with van der Waals surface area (Å²) in [6.45, 7) is 0. The molecule has 1 heterocycles. The van der Waals surface area contributed by atoms with Gasteiger partial charge in [0.25, 0.3) is 0 Å². The standard InChI is InChI=1S/C27H24ClNO2/c1-30-31-27-11-3-2-9-23(27)10-5-8-20-6-4-7-21(18-20)12-16-25-17-14-22-13-15-24(28)19-26(22)29-25/h2-4,6-7,9,11-19H,5,8,10H2,1H3/b16-12+. The van der Waals surface area contributed by atoms with Crippen LogP contribution >= 0.6 is 11.6 Å². The Balaban J connectivity index is 1.40. The van der Waals surface area contributed by atoms with Gasteiger partial charge in [-0.15, -0.1) is 0 Å². The van der Waals surface area contributed by atoms with Crippen LogP contribution in [0.3, 0.4) is 0 Å². The van der Waals surface area contributed by atoms with Crippen LogP contribution in [0.5, 0.6) is 5.75 Å². The summed E-state index contributed by atoms with van der Waals surface area (Å²) in [4.78, 5) is 14.8. The summed E-state index contributed by atoms with van der Waals surface area (Å²) in [5.74, 6) is 0.783. The Hall–Kier alpha value is -3.14. The third-order valence-corrected chi connectivity index (χ3v) is 5.37. The SMILES string of the molecule is COOc1ccccc1CCCc1cccc(/C=C/c2ccc3ccc(Cl)cc3n2)c1. The zero-order valence-electron chi connectivity index (χ0n) is 17.4. The van der Waals surface area contributed by atoms with Gasteiger partial charge >= 0.3 is 0 Å². The number of fused-ring (bicyclic) bond motifs is 1. The van der Waals surface area contributed by atoms with E-state index in [0.717, 1.165) is 52.7 Å². The zero-order valence-corrected chi connectivity index (χ0v) is 18.2. The minimum Gasteiger partial charge on any atom is -0.338 e. The first-order chi connectivity index (χ1) is 15.2. The fourth-order valence-corrected chi connectivity index (χ4v) is 3.76. The minimum absolute atomic E-state index is 0.699. The normalized spacial score (nSPS) is 11.3. The van der Waals surface area contributed by atoms with Crippen molar-refractivity contribution in [2.75, 3.05) is 7.11 Å². The summed E-state index contributed by atoms with van der Waals surface area (Å²) in [6, 6.07) is 26.5. The molecule has 0 radical (unpaired) electrons. The molecule has 4 rings (SSSR count). The van der Waals surface area contributed by atoms with Crippen LogP contribution in [0.15, 0.2) is 78.9 Å². The number of rotatable bonds is 8. The van der Waals surface area contributed by atoms with Crippen LogP contribution in [-0.4, -0.2) is 12.1 Å². The maximum absolute atomic E-state index is 6.10. The Labute approximate surface area is 187 Å². The first-order valence-corrected chi connectivity index (χ1v) is 10.7. The van der Waals surface area contributed by atoms with Crippen molar-refractivity contribution in [2.24, 2.45) is 0 Å². The van der Waals surface area contributed by atoms with E-state index < -0.39 is 0 Å². The van der Waals surface area contributed by atoms with Gasteiger partial charge in [0.05, 0.1) is 18.3 Å². The molecule has 0 N–H and O–H groups in total. The summed E-state index contributed by atoms with van der Waals surface area (Å²) in [5.41, 5.74) is 5.44. The van der Waals surface area contributed by atoms with Crippen LogP contribution in [0.2, 0.25) is 5.02 Å². The fourth-order valence-electron chi connectivity index (χ4n) is 3.60. The van der Waals surface area contributed by atoms with Crippen molar-refractivity contribution in [3.05, 3.63) is 106 Å². The quantitative estimate of drug-likeness (QED) is 0.219. The fraction of sp³-hybridized carbons (Fsp3) is 0.148. The molecule has 0 spiro atoms. The van der Waals surface area contributed by atoms with E-state index in [1.807, 2.05) is 48.5 Å². The average Bonchev–Trinajstić information content (AvgIpc) is 2.79. The molecule has 3 nitrogen and oxygen atoms in total. The molecule has 0 aliphatic rings. The third-order valence-electron chi connectivity index (χ3n) is 5.13. The number of benzene rings is 3. The summed E-state index contributed by atoms with van der Waals surface area (Å²) in [6.07, 6.45) is 7.10. The van der Waals surface area contributed by atoms with Crippen molar-refractivity contribution in [3.63, 3.8) is 0 Å². The first kappa shape index (κ1) is 21.1. The average molecular weight is 430 g/mol. The van der Waals surface area contributed by atoms with Gasteiger partial charge < -0.3 is 4.89 Å². The Kier molecular flexibility index (Phi) is 6.98. The number of nitrogens with zero attached hydrogens (tertiary/aromatic N) is 1. The van der Waals surface area contributed by atoms with Gasteiger partial charge in [-0.05, 0) is 66.3 Å². The smallest absolute Gasteiger partial charge is 0.168 e. The molecule has 0 atom stereocenters. The van der Waals surface area contributed by atoms with E-state index in [0.29, 0.717) is 5.02 Å². The number of para-hydroxylation sites is 1. The molecule has 156 valence electrons.